The van der Waals surface area contributed by atoms with Gasteiger partial charge >= 0.3 is 0 Å². The molecular weight excluding hydrogens is 258 g/mol. The van der Waals surface area contributed by atoms with Gasteiger partial charge in [0.2, 0.25) is 0 Å². The summed E-state index contributed by atoms with van der Waals surface area (Å²) < 4.78 is 0. The van der Waals surface area contributed by atoms with Crippen molar-refractivity contribution in [3.05, 3.63) is 52.3 Å². The summed E-state index contributed by atoms with van der Waals surface area (Å²) >= 11 is 0. The molecule has 1 heterocycles. The van der Waals surface area contributed by atoms with Gasteiger partial charge in [0.15, 0.2) is 0 Å². The molecule has 0 aliphatic carbocycles. The molecule has 0 fully saturated rings. The highest BCUT2D eigenvalue weighted by Gasteiger charge is 2.09. The minimum Gasteiger partial charge on any atom is -0.385 e. The second-order valence-electron chi connectivity index (χ2n) is 4.12. The molecule has 0 saturated carbocycles. The maximum absolute atomic E-state index is 10.9. The van der Waals surface area contributed by atoms with Crippen LogP contribution >= 0.6 is 0 Å². The fraction of sp³-hybridized carbons (Fsp3) is 0.231. The molecule has 0 spiro atoms. The highest BCUT2D eigenvalue weighted by atomic mass is 16.6. The summed E-state index contributed by atoms with van der Waals surface area (Å²) in [4.78, 5) is 10.5. The zero-order chi connectivity index (χ0) is 14.4. The molecule has 0 atom stereocenters. The minimum absolute atomic E-state index is 0.0464. The number of nitro benzene ring substituents is 1. The van der Waals surface area contributed by atoms with Gasteiger partial charge in [-0.3, -0.25) is 10.1 Å². The van der Waals surface area contributed by atoms with Crippen LogP contribution in [0.5, 0.6) is 0 Å². The molecule has 2 aromatic rings. The second-order valence-corrected chi connectivity index (χ2v) is 4.12. The Morgan fingerprint density at radius 1 is 1.25 bits per heavy atom. The molecule has 2 N–H and O–H groups in total. The summed E-state index contributed by atoms with van der Waals surface area (Å²) in [6, 6.07) is 8.46. The number of hydrogen-bond donors (Lipinski definition) is 2. The number of nitrogens with zero attached hydrogens (tertiary/aromatic N) is 3. The third-order valence-corrected chi connectivity index (χ3v) is 2.61. The van der Waals surface area contributed by atoms with Crippen molar-refractivity contribution in [2.45, 2.75) is 13.5 Å². The lowest BCUT2D eigenvalue weighted by atomic mass is 10.2. The fourth-order valence-electron chi connectivity index (χ4n) is 1.75. The normalized spacial score (nSPS) is 10.1. The van der Waals surface area contributed by atoms with Crippen molar-refractivity contribution in [2.75, 3.05) is 17.2 Å². The molecular formula is C13H15N5O2. The van der Waals surface area contributed by atoms with Gasteiger partial charge in [-0.25, -0.2) is 0 Å². The van der Waals surface area contributed by atoms with Crippen molar-refractivity contribution in [2.24, 2.45) is 0 Å². The van der Waals surface area contributed by atoms with Crippen molar-refractivity contribution in [3.63, 3.8) is 0 Å². The SMILES string of the molecule is CCNc1cc(NCc2cccnn2)cc([N+](=O)[O-])c1. The van der Waals surface area contributed by atoms with Crippen LogP contribution < -0.4 is 10.6 Å². The van der Waals surface area contributed by atoms with Crippen LogP contribution in [-0.4, -0.2) is 21.7 Å². The lowest BCUT2D eigenvalue weighted by Gasteiger charge is -2.09. The number of nitrogens with one attached hydrogen (secondary N) is 2. The Morgan fingerprint density at radius 2 is 2.00 bits per heavy atom. The Labute approximate surface area is 116 Å². The van der Waals surface area contributed by atoms with Gasteiger partial charge in [0, 0.05) is 36.2 Å². The predicted molar refractivity (Wildman–Crippen MR) is 76.6 cm³/mol. The number of nitro groups is 1. The maximum Gasteiger partial charge on any atom is 0.273 e. The molecule has 0 saturated heterocycles. The smallest absolute Gasteiger partial charge is 0.273 e. The summed E-state index contributed by atoms with van der Waals surface area (Å²) in [7, 11) is 0. The highest BCUT2D eigenvalue weighted by Crippen LogP contribution is 2.24. The van der Waals surface area contributed by atoms with Gasteiger partial charge in [-0.1, -0.05) is 0 Å². The van der Waals surface area contributed by atoms with Gasteiger partial charge in [-0.2, -0.15) is 10.2 Å². The first-order valence-electron chi connectivity index (χ1n) is 6.23. The van der Waals surface area contributed by atoms with Crippen LogP contribution in [0.4, 0.5) is 17.1 Å². The number of non-ortho nitro benzene ring substituents is 1. The van der Waals surface area contributed by atoms with Gasteiger partial charge in [-0.05, 0) is 25.1 Å². The number of rotatable bonds is 6. The number of benzene rings is 1. The van der Waals surface area contributed by atoms with Crippen molar-refractivity contribution in [1.82, 2.24) is 10.2 Å². The third kappa shape index (κ3) is 3.64. The van der Waals surface area contributed by atoms with E-state index in [-0.39, 0.29) is 5.69 Å². The van der Waals surface area contributed by atoms with Crippen LogP contribution in [0.1, 0.15) is 12.6 Å². The van der Waals surface area contributed by atoms with Gasteiger partial charge in [-0.15, -0.1) is 0 Å². The van der Waals surface area contributed by atoms with E-state index in [1.165, 1.54) is 12.1 Å². The zero-order valence-electron chi connectivity index (χ0n) is 11.0. The molecule has 104 valence electrons. The molecule has 1 aromatic carbocycles. The van der Waals surface area contributed by atoms with Gasteiger partial charge in [0.25, 0.3) is 5.69 Å². The molecule has 0 aliphatic rings. The van der Waals surface area contributed by atoms with E-state index in [1.807, 2.05) is 19.1 Å². The number of aromatic nitrogens is 2. The molecule has 2 rings (SSSR count). The van der Waals surface area contributed by atoms with Gasteiger partial charge < -0.3 is 10.6 Å². The Kier molecular flexibility index (Phi) is 4.43. The van der Waals surface area contributed by atoms with E-state index in [9.17, 15) is 10.1 Å². The van der Waals surface area contributed by atoms with E-state index >= 15 is 0 Å². The first-order chi connectivity index (χ1) is 9.69. The van der Waals surface area contributed by atoms with Crippen molar-refractivity contribution >= 4 is 17.1 Å². The van der Waals surface area contributed by atoms with Crippen LogP contribution in [0.25, 0.3) is 0 Å². The summed E-state index contributed by atoms with van der Waals surface area (Å²) in [5, 5.41) is 24.8. The van der Waals surface area contributed by atoms with Gasteiger partial charge in [0.05, 0.1) is 17.2 Å². The topological polar surface area (TPSA) is 93.0 Å². The number of hydrogen-bond acceptors (Lipinski definition) is 6. The quantitative estimate of drug-likeness (QED) is 0.620. The Morgan fingerprint density at radius 3 is 2.60 bits per heavy atom. The van der Waals surface area contributed by atoms with E-state index in [1.54, 1.807) is 12.3 Å². The largest absolute Gasteiger partial charge is 0.385 e. The third-order valence-electron chi connectivity index (χ3n) is 2.61. The molecule has 0 aliphatic heterocycles. The van der Waals surface area contributed by atoms with E-state index in [2.05, 4.69) is 20.8 Å². The summed E-state index contributed by atoms with van der Waals surface area (Å²) in [5.41, 5.74) is 2.19. The molecule has 7 heteroatoms. The summed E-state index contributed by atoms with van der Waals surface area (Å²) in [5.74, 6) is 0. The monoisotopic (exact) mass is 273 g/mol. The Bertz CT molecular complexity index is 589. The maximum atomic E-state index is 10.9. The summed E-state index contributed by atoms with van der Waals surface area (Å²) in [6.45, 7) is 3.09. The van der Waals surface area contributed by atoms with E-state index in [4.69, 9.17) is 0 Å². The fourth-order valence-corrected chi connectivity index (χ4v) is 1.75. The van der Waals surface area contributed by atoms with Crippen LogP contribution in [0.15, 0.2) is 36.5 Å². The van der Waals surface area contributed by atoms with Gasteiger partial charge in [0.1, 0.15) is 0 Å². The first-order valence-corrected chi connectivity index (χ1v) is 6.23. The zero-order valence-corrected chi connectivity index (χ0v) is 11.0. The molecule has 0 bridgehead atoms. The Balaban J connectivity index is 2.15. The first kappa shape index (κ1) is 13.7. The standard InChI is InChI=1S/C13H15N5O2/c1-2-14-11-6-12(8-13(7-11)18(19)20)15-9-10-4-3-5-16-17-10/h3-8,14-15H,2,9H2,1H3. The van der Waals surface area contributed by atoms with Crippen molar-refractivity contribution in [3.8, 4) is 0 Å². The lowest BCUT2D eigenvalue weighted by molar-refractivity contribution is -0.384. The van der Waals surface area contributed by atoms with E-state index in [0.29, 0.717) is 24.5 Å². The average molecular weight is 273 g/mol. The van der Waals surface area contributed by atoms with Crippen LogP contribution in [0, 0.1) is 10.1 Å². The van der Waals surface area contributed by atoms with Crippen LogP contribution in [0.3, 0.4) is 0 Å². The molecule has 20 heavy (non-hydrogen) atoms. The van der Waals surface area contributed by atoms with Crippen LogP contribution in [-0.2, 0) is 6.54 Å². The van der Waals surface area contributed by atoms with Crippen molar-refractivity contribution in [1.29, 1.82) is 0 Å². The molecule has 7 nitrogen and oxygen atoms in total. The van der Waals surface area contributed by atoms with E-state index in [0.717, 1.165) is 5.69 Å². The molecule has 1 aromatic heterocycles. The molecule has 0 amide bonds. The number of anilines is 2. The molecule has 0 unspecified atom stereocenters. The highest BCUT2D eigenvalue weighted by molar-refractivity contribution is 5.63. The Hall–Kier alpha value is -2.70. The van der Waals surface area contributed by atoms with E-state index < -0.39 is 4.92 Å². The minimum atomic E-state index is -0.408. The van der Waals surface area contributed by atoms with Crippen molar-refractivity contribution < 1.29 is 4.92 Å². The molecule has 0 radical (unpaired) electrons. The van der Waals surface area contributed by atoms with Crippen LogP contribution in [0.2, 0.25) is 0 Å². The summed E-state index contributed by atoms with van der Waals surface area (Å²) in [6.07, 6.45) is 1.60. The predicted octanol–water partition coefficient (Wildman–Crippen LogP) is 2.43. The second kappa shape index (κ2) is 6.46. The average Bonchev–Trinajstić information content (AvgIpc) is 2.46. The lowest BCUT2D eigenvalue weighted by Crippen LogP contribution is -2.04.